The van der Waals surface area contributed by atoms with Crippen molar-refractivity contribution in [3.63, 3.8) is 0 Å². The summed E-state index contributed by atoms with van der Waals surface area (Å²) in [5.74, 6) is -0.109. The molecule has 4 aromatic rings. The molecule has 1 amide bonds. The Morgan fingerprint density at radius 2 is 1.96 bits per heavy atom. The molecule has 0 radical (unpaired) electrons. The highest BCUT2D eigenvalue weighted by Gasteiger charge is 2.13. The minimum Gasteiger partial charge on any atom is -0.336 e. The van der Waals surface area contributed by atoms with Gasteiger partial charge in [-0.1, -0.05) is 48.0 Å². The molecule has 4 nitrogen and oxygen atoms in total. The van der Waals surface area contributed by atoms with Gasteiger partial charge in [-0.25, -0.2) is 4.98 Å². The van der Waals surface area contributed by atoms with E-state index >= 15 is 0 Å². The summed E-state index contributed by atoms with van der Waals surface area (Å²) >= 11 is 7.61. The number of hydrogen-bond acceptors (Lipinski definition) is 3. The van der Waals surface area contributed by atoms with Crippen molar-refractivity contribution in [2.24, 2.45) is 0 Å². The van der Waals surface area contributed by atoms with E-state index in [1.54, 1.807) is 17.4 Å². The van der Waals surface area contributed by atoms with Crippen molar-refractivity contribution < 1.29 is 4.79 Å². The van der Waals surface area contributed by atoms with E-state index in [1.807, 2.05) is 77.7 Å². The number of hydrogen-bond donors (Lipinski definition) is 1. The molecule has 0 spiro atoms. The van der Waals surface area contributed by atoms with Gasteiger partial charge in [0.05, 0.1) is 11.4 Å². The van der Waals surface area contributed by atoms with Gasteiger partial charge in [0.15, 0.2) is 0 Å². The van der Waals surface area contributed by atoms with Crippen LogP contribution in [0.15, 0.2) is 72.2 Å². The van der Waals surface area contributed by atoms with Crippen LogP contribution >= 0.6 is 22.9 Å². The first-order chi connectivity index (χ1) is 13.6. The minimum atomic E-state index is -0.109. The Hall–Kier alpha value is -2.89. The quantitative estimate of drug-likeness (QED) is 0.449. The Bertz CT molecular complexity index is 1120. The number of halogens is 1. The number of benzene rings is 2. The van der Waals surface area contributed by atoms with Crippen LogP contribution in [0, 0.1) is 6.92 Å². The molecule has 0 aliphatic carbocycles. The lowest BCUT2D eigenvalue weighted by Crippen LogP contribution is -2.19. The molecule has 0 unspecified atom stereocenters. The van der Waals surface area contributed by atoms with E-state index in [-0.39, 0.29) is 12.5 Å². The van der Waals surface area contributed by atoms with Gasteiger partial charge in [-0.05, 0) is 36.8 Å². The topological polar surface area (TPSA) is 46.9 Å². The van der Waals surface area contributed by atoms with E-state index in [1.165, 1.54) is 0 Å². The van der Waals surface area contributed by atoms with Crippen LogP contribution in [-0.2, 0) is 11.3 Å². The Morgan fingerprint density at radius 3 is 2.79 bits per heavy atom. The van der Waals surface area contributed by atoms with Crippen LogP contribution in [0.2, 0.25) is 5.02 Å². The zero-order valence-corrected chi connectivity index (χ0v) is 16.8. The van der Waals surface area contributed by atoms with E-state index in [4.69, 9.17) is 16.6 Å². The Morgan fingerprint density at radius 1 is 1.14 bits per heavy atom. The van der Waals surface area contributed by atoms with Crippen LogP contribution in [-0.4, -0.2) is 15.5 Å². The molecule has 0 aliphatic heterocycles. The second kappa shape index (κ2) is 8.00. The van der Waals surface area contributed by atoms with Crippen LogP contribution in [0.3, 0.4) is 0 Å². The molecule has 0 bridgehead atoms. The SMILES string of the molecule is Cc1ccc(Cl)cc1NC(=O)Cn1cccc1-c1nc(-c2ccccc2)cs1. The molecule has 4 rings (SSSR count). The van der Waals surface area contributed by atoms with Gasteiger partial charge in [-0.2, -0.15) is 0 Å². The normalized spacial score (nSPS) is 10.8. The van der Waals surface area contributed by atoms with Crippen LogP contribution in [0.1, 0.15) is 5.56 Å². The number of nitrogens with zero attached hydrogens (tertiary/aromatic N) is 2. The highest BCUT2D eigenvalue weighted by Crippen LogP contribution is 2.29. The third kappa shape index (κ3) is 4.01. The Balaban J connectivity index is 1.52. The molecule has 1 N–H and O–H groups in total. The van der Waals surface area contributed by atoms with Crippen LogP contribution < -0.4 is 5.32 Å². The summed E-state index contributed by atoms with van der Waals surface area (Å²) in [5, 5.41) is 6.46. The van der Waals surface area contributed by atoms with E-state index < -0.39 is 0 Å². The summed E-state index contributed by atoms with van der Waals surface area (Å²) in [6, 6.07) is 19.4. The van der Waals surface area contributed by atoms with Gasteiger partial charge in [-0.15, -0.1) is 11.3 Å². The maximum Gasteiger partial charge on any atom is 0.244 e. The summed E-state index contributed by atoms with van der Waals surface area (Å²) in [5.41, 5.74) is 4.64. The van der Waals surface area contributed by atoms with Gasteiger partial charge in [0.1, 0.15) is 11.6 Å². The smallest absolute Gasteiger partial charge is 0.244 e. The molecular weight excluding hydrogens is 390 g/mol. The van der Waals surface area contributed by atoms with E-state index in [0.29, 0.717) is 5.02 Å². The summed E-state index contributed by atoms with van der Waals surface area (Å²) in [6.07, 6.45) is 1.89. The molecule has 0 saturated carbocycles. The van der Waals surface area contributed by atoms with Crippen LogP contribution in [0.25, 0.3) is 22.0 Å². The van der Waals surface area contributed by atoms with Gasteiger partial charge in [-0.3, -0.25) is 4.79 Å². The number of thiazole rings is 1. The van der Waals surface area contributed by atoms with Gasteiger partial charge < -0.3 is 9.88 Å². The second-order valence-corrected chi connectivity index (χ2v) is 7.73. The average Bonchev–Trinajstić information content (AvgIpc) is 3.34. The number of carbonyl (C=O) groups excluding carboxylic acids is 1. The molecule has 2 aromatic heterocycles. The zero-order chi connectivity index (χ0) is 19.5. The van der Waals surface area contributed by atoms with Gasteiger partial charge >= 0.3 is 0 Å². The molecular formula is C22H18ClN3OS. The Kier molecular flexibility index (Phi) is 5.28. The highest BCUT2D eigenvalue weighted by molar-refractivity contribution is 7.13. The first-order valence-electron chi connectivity index (χ1n) is 8.82. The summed E-state index contributed by atoms with van der Waals surface area (Å²) < 4.78 is 1.91. The van der Waals surface area contributed by atoms with Crippen LogP contribution in [0.4, 0.5) is 5.69 Å². The molecule has 6 heteroatoms. The van der Waals surface area contributed by atoms with E-state index in [0.717, 1.165) is 33.2 Å². The first kappa shape index (κ1) is 18.5. The fraction of sp³-hybridized carbons (Fsp3) is 0.0909. The highest BCUT2D eigenvalue weighted by atomic mass is 35.5. The summed E-state index contributed by atoms with van der Waals surface area (Å²) in [7, 11) is 0. The summed E-state index contributed by atoms with van der Waals surface area (Å²) in [4.78, 5) is 17.3. The van der Waals surface area contributed by atoms with Crippen LogP contribution in [0.5, 0.6) is 0 Å². The number of aryl methyl sites for hydroxylation is 1. The third-order valence-electron chi connectivity index (χ3n) is 4.41. The first-order valence-corrected chi connectivity index (χ1v) is 10.1. The van der Waals surface area contributed by atoms with Crippen molar-refractivity contribution in [1.29, 1.82) is 0 Å². The lowest BCUT2D eigenvalue weighted by atomic mass is 10.2. The van der Waals surface area contributed by atoms with E-state index in [2.05, 4.69) is 5.32 Å². The monoisotopic (exact) mass is 407 g/mol. The number of aromatic nitrogens is 2. The van der Waals surface area contributed by atoms with Gasteiger partial charge in [0, 0.05) is 27.9 Å². The maximum absolute atomic E-state index is 12.6. The van der Waals surface area contributed by atoms with E-state index in [9.17, 15) is 4.79 Å². The summed E-state index contributed by atoms with van der Waals surface area (Å²) in [6.45, 7) is 2.14. The second-order valence-electron chi connectivity index (χ2n) is 6.43. The lowest BCUT2D eigenvalue weighted by Gasteiger charge is -2.11. The predicted octanol–water partition coefficient (Wildman–Crippen LogP) is 5.88. The molecule has 140 valence electrons. The minimum absolute atomic E-state index is 0.109. The number of rotatable bonds is 5. The molecule has 2 aromatic carbocycles. The zero-order valence-electron chi connectivity index (χ0n) is 15.2. The molecule has 0 fully saturated rings. The fourth-order valence-corrected chi connectivity index (χ4v) is 3.99. The fourth-order valence-electron chi connectivity index (χ4n) is 2.95. The predicted molar refractivity (Wildman–Crippen MR) is 116 cm³/mol. The van der Waals surface area contributed by atoms with Gasteiger partial charge in [0.2, 0.25) is 5.91 Å². The van der Waals surface area contributed by atoms with Crippen molar-refractivity contribution in [3.8, 4) is 22.0 Å². The van der Waals surface area contributed by atoms with Crippen molar-refractivity contribution in [2.45, 2.75) is 13.5 Å². The number of amides is 1. The van der Waals surface area contributed by atoms with Crippen molar-refractivity contribution >= 4 is 34.5 Å². The maximum atomic E-state index is 12.6. The third-order valence-corrected chi connectivity index (χ3v) is 5.51. The number of anilines is 1. The lowest BCUT2D eigenvalue weighted by molar-refractivity contribution is -0.116. The molecule has 28 heavy (non-hydrogen) atoms. The number of carbonyl (C=O) groups is 1. The molecule has 0 saturated heterocycles. The van der Waals surface area contributed by atoms with Crippen molar-refractivity contribution in [2.75, 3.05) is 5.32 Å². The Labute approximate surface area is 172 Å². The van der Waals surface area contributed by atoms with Crippen molar-refractivity contribution in [3.05, 3.63) is 82.8 Å². The van der Waals surface area contributed by atoms with Gasteiger partial charge in [0.25, 0.3) is 0 Å². The molecule has 2 heterocycles. The van der Waals surface area contributed by atoms with Crippen molar-refractivity contribution in [1.82, 2.24) is 9.55 Å². The average molecular weight is 408 g/mol. The molecule has 0 atom stereocenters. The number of nitrogens with one attached hydrogen (secondary N) is 1. The standard InChI is InChI=1S/C22H18ClN3OS/c1-15-9-10-17(23)12-18(15)24-21(27)13-26-11-5-8-20(26)22-25-19(14-28-22)16-6-3-2-4-7-16/h2-12,14H,13H2,1H3,(H,24,27). The largest absolute Gasteiger partial charge is 0.336 e. The molecule has 0 aliphatic rings.